The van der Waals surface area contributed by atoms with Gasteiger partial charge in [0.2, 0.25) is 65.6 Å². The summed E-state index contributed by atoms with van der Waals surface area (Å²) in [5.74, 6) is -16.7. The molecule has 39 nitrogen and oxygen atoms in total. The number of nitrogens with one attached hydrogen (secondary N) is 10. The van der Waals surface area contributed by atoms with Crippen molar-refractivity contribution in [2.45, 2.75) is 188 Å². The summed E-state index contributed by atoms with van der Waals surface area (Å²) >= 11 is 14.4. The highest BCUT2D eigenvalue weighted by atomic mass is 35.5. The number of phenols is 4. The molecule has 7 aromatic rings. The first-order chi connectivity index (χ1) is 62.2. The van der Waals surface area contributed by atoms with Gasteiger partial charge in [-0.25, -0.2) is 4.79 Å². The van der Waals surface area contributed by atoms with E-state index < -0.39 is 271 Å². The molecule has 696 valence electrons. The van der Waals surface area contributed by atoms with Crippen molar-refractivity contribution in [3.63, 3.8) is 0 Å². The Kier molecular flexibility index (Phi) is 31.1. The summed E-state index contributed by atoms with van der Waals surface area (Å²) < 4.78 is 50.0. The van der Waals surface area contributed by atoms with E-state index in [1.54, 1.807) is 0 Å². The SMILES string of the molecule is CN[C@@H]1C(=O)N[C@@H]2Cc3ccc(cc3)Oc3cc4cc(c3O[C@@H]3O[C@H](C(=O)OC)[C@@H](O)[C@H](O)[C@H]3NC(=O)CCCCCCCC(C)C)Oc3ccc(cc3Cl)[C@@H](O)[C@@H]3NC(=O)[C@H](NC(=O)[C@@H]4NC(=O)[C@@H](NC2=O)c2cc(cc(O)c2Cl)Oc2cc1ccc2O)c1ccc(O)c(c1)-c1c(O[C@H]2O[C@H](CO)[C@@H](O)[C@H](O)[C@@H]2O)cc(O)cc1[C@@H](C(=O)NCCCNCCCN)NC3=O. The van der Waals surface area contributed by atoms with Gasteiger partial charge in [-0.15, -0.1) is 0 Å². The van der Waals surface area contributed by atoms with Crippen LogP contribution in [0, 0.1) is 5.92 Å². The highest BCUT2D eigenvalue weighted by Crippen LogP contribution is 2.51. The average Bonchev–Trinajstić information content (AvgIpc) is 0.898. The van der Waals surface area contributed by atoms with Gasteiger partial charge < -0.3 is 153 Å². The van der Waals surface area contributed by atoms with Gasteiger partial charge in [0.15, 0.2) is 29.1 Å². The number of rotatable bonds is 24. The maximum Gasteiger partial charge on any atom is 0.337 e. The fraction of sp³-hybridized carbons (Fsp3) is 0.427. The van der Waals surface area contributed by atoms with Crippen LogP contribution in [0.25, 0.3) is 11.1 Å². The van der Waals surface area contributed by atoms with Gasteiger partial charge in [0.05, 0.1) is 23.8 Å². The number of benzene rings is 7. The minimum atomic E-state index is -2.44. The number of carbonyl (C=O) groups is 9. The van der Waals surface area contributed by atoms with E-state index >= 15 is 28.8 Å². The smallest absolute Gasteiger partial charge is 0.337 e. The quantitative estimate of drug-likeness (QED) is 0.0305. The number of unbranched alkanes of at least 4 members (excludes halogenated alkanes) is 4. The van der Waals surface area contributed by atoms with Gasteiger partial charge in [-0.1, -0.05) is 99.5 Å². The van der Waals surface area contributed by atoms with Crippen LogP contribution in [0.5, 0.6) is 69.0 Å². The lowest BCUT2D eigenvalue weighted by molar-refractivity contribution is -0.277. The second-order valence-corrected chi connectivity index (χ2v) is 33.4. The number of carbonyl (C=O) groups excluding carboxylic acids is 9. The molecule has 7 aromatic carbocycles. The molecule has 8 amide bonds. The van der Waals surface area contributed by atoms with E-state index in [-0.39, 0.29) is 47.8 Å². The normalized spacial score (nSPS) is 25.6. The Morgan fingerprint density at radius 3 is 1.94 bits per heavy atom. The lowest BCUT2D eigenvalue weighted by Gasteiger charge is -2.41. The number of aromatic hydroxyl groups is 4. The number of hydrogen-bond donors (Lipinski definition) is 22. The Morgan fingerprint density at radius 1 is 0.562 bits per heavy atom. The summed E-state index contributed by atoms with van der Waals surface area (Å²) in [4.78, 5) is 139. The summed E-state index contributed by atoms with van der Waals surface area (Å²) in [5, 5.41) is 154. The second-order valence-electron chi connectivity index (χ2n) is 32.6. The highest BCUT2D eigenvalue weighted by molar-refractivity contribution is 6.33. The summed E-state index contributed by atoms with van der Waals surface area (Å²) in [6.07, 6.45) is -15.8. The summed E-state index contributed by atoms with van der Waals surface area (Å²) in [6, 6.07) is 5.95. The number of halogens is 2. The molecule has 8 aliphatic heterocycles. The van der Waals surface area contributed by atoms with Crippen molar-refractivity contribution >= 4 is 76.4 Å². The predicted molar refractivity (Wildman–Crippen MR) is 460 cm³/mol. The van der Waals surface area contributed by atoms with Gasteiger partial charge in [-0.2, -0.15) is 0 Å². The summed E-state index contributed by atoms with van der Waals surface area (Å²) in [5.41, 5.74) is 3.07. The number of esters is 1. The molecule has 0 aromatic heterocycles. The Labute approximate surface area is 753 Å². The average molecular weight is 1850 g/mol. The standard InChI is InChI=1S/C89H103Cl2N11O28/c1-39(2)12-8-6-5-7-9-13-62(108)97-71-74(111)76(113)79(87(122)123-4)130-88(71)129-78-59-32-44-33-60(78)126-56-23-18-43(30-51(56)90)72(109)70-86(121)101-68(81(116)95-27-11-26-94-25-10-24-92)49-34-45(104)35-58(127-89-77(114)75(112)73(110)61(38-103)128-89)63(49)48-29-41(16-21-53(48)105)66(83(118)102-70)98-84(119)67(44)99-85(120)69-50-36-47(37-55(107)64(50)91)125-57-31-42(17-22-54(57)106)65(93-3)82(117)96-52(80(115)100-69)28-40-14-19-46(124-59)20-15-40/h14-23,29-37,39,52,61,65-77,79,88-89,93-94,103-107,109-114H,5-13,24-28,38,92H2,1-4H3,(H,95,116)(H,96,117)(H,97,108)(H,98,119)(H,99,120)(H,100,115)(H,101,121)(H,102,118)/t52-,61-,65+,66-,67-,68+,69+,70+,71-,72-,73-,74-,75+,76+,77+,79+,88-,89+/m1/s1. The van der Waals surface area contributed by atoms with E-state index in [0.717, 1.165) is 99.5 Å². The first-order valence-corrected chi connectivity index (χ1v) is 43.0. The van der Waals surface area contributed by atoms with Gasteiger partial charge in [0.25, 0.3) is 0 Å². The minimum Gasteiger partial charge on any atom is -0.508 e. The summed E-state index contributed by atoms with van der Waals surface area (Å²) in [6.45, 7) is 4.34. The van der Waals surface area contributed by atoms with Crippen LogP contribution in [0.2, 0.25) is 10.0 Å². The topological polar surface area (TPSA) is 596 Å². The fourth-order valence-corrected chi connectivity index (χ4v) is 16.5. The number of aliphatic hydroxyl groups excluding tert-OH is 7. The van der Waals surface area contributed by atoms with Gasteiger partial charge in [0.1, 0.15) is 131 Å². The van der Waals surface area contributed by atoms with E-state index in [0.29, 0.717) is 50.4 Å². The molecule has 2 saturated heterocycles. The van der Waals surface area contributed by atoms with Crippen molar-refractivity contribution in [3.05, 3.63) is 164 Å². The number of aliphatic hydroxyl groups is 7. The molecule has 17 bridgehead atoms. The molecule has 0 radical (unpaired) electrons. The largest absolute Gasteiger partial charge is 0.508 e. The number of hydrogen-bond acceptors (Lipinski definition) is 31. The zero-order valence-electron chi connectivity index (χ0n) is 70.7. The predicted octanol–water partition coefficient (Wildman–Crippen LogP) is 3.24. The van der Waals surface area contributed by atoms with E-state index in [2.05, 4.69) is 67.0 Å². The third kappa shape index (κ3) is 21.7. The Hall–Kier alpha value is -11.9. The van der Waals surface area contributed by atoms with Crippen LogP contribution in [0.15, 0.2) is 115 Å². The zero-order chi connectivity index (χ0) is 93.2. The van der Waals surface area contributed by atoms with Crippen LogP contribution in [-0.2, 0) is 63.8 Å². The molecule has 0 spiro atoms. The maximum absolute atomic E-state index is 16.9. The van der Waals surface area contributed by atoms with E-state index in [1.165, 1.54) is 55.6 Å². The number of phenolic OH excluding ortho intramolecular Hbond substituents is 4. The number of methoxy groups -OCH3 is 1. The van der Waals surface area contributed by atoms with Crippen LogP contribution < -0.4 is 82.6 Å². The van der Waals surface area contributed by atoms with Crippen molar-refractivity contribution in [2.24, 2.45) is 11.7 Å². The van der Waals surface area contributed by atoms with E-state index in [4.69, 9.17) is 66.8 Å². The summed E-state index contributed by atoms with van der Waals surface area (Å²) in [7, 11) is 2.40. The highest BCUT2D eigenvalue weighted by Gasteiger charge is 2.52. The molecule has 8 heterocycles. The monoisotopic (exact) mass is 1840 g/mol. The van der Waals surface area contributed by atoms with Gasteiger partial charge in [-0.05, 0) is 158 Å². The molecule has 130 heavy (non-hydrogen) atoms. The number of amides is 8. The Bertz CT molecular complexity index is 5370. The van der Waals surface area contributed by atoms with Crippen molar-refractivity contribution in [1.82, 2.24) is 53.2 Å². The third-order valence-corrected chi connectivity index (χ3v) is 23.7. The Balaban J connectivity index is 1.04. The van der Waals surface area contributed by atoms with Crippen molar-refractivity contribution in [1.29, 1.82) is 0 Å². The van der Waals surface area contributed by atoms with Crippen LogP contribution in [-0.4, -0.2) is 230 Å². The molecule has 41 heteroatoms. The fourth-order valence-electron chi connectivity index (χ4n) is 16.0. The lowest BCUT2D eigenvalue weighted by Crippen LogP contribution is -2.66. The van der Waals surface area contributed by atoms with Crippen LogP contribution in [0.1, 0.15) is 147 Å². The first-order valence-electron chi connectivity index (χ1n) is 42.3. The van der Waals surface area contributed by atoms with Gasteiger partial charge >= 0.3 is 5.97 Å². The second kappa shape index (κ2) is 42.3. The molecule has 0 saturated carbocycles. The molecule has 8 aliphatic rings. The number of ether oxygens (including phenoxy) is 8. The molecule has 2 fully saturated rings. The van der Waals surface area contributed by atoms with E-state index in [9.17, 15) is 70.6 Å². The van der Waals surface area contributed by atoms with Crippen molar-refractivity contribution in [3.8, 4) is 80.1 Å². The van der Waals surface area contributed by atoms with Crippen molar-refractivity contribution in [2.75, 3.05) is 46.9 Å². The number of likely N-dealkylation sites (N-methyl/N-ethyl adjacent to an activating group) is 1. The van der Waals surface area contributed by atoms with Crippen LogP contribution in [0.3, 0.4) is 0 Å². The maximum atomic E-state index is 16.9. The molecular formula is C89H103Cl2N11O28. The van der Waals surface area contributed by atoms with Crippen molar-refractivity contribution < 1.29 is 137 Å². The van der Waals surface area contributed by atoms with E-state index in [1.807, 2.05) is 0 Å². The van der Waals surface area contributed by atoms with Gasteiger partial charge in [-0.3, -0.25) is 38.4 Å². The van der Waals surface area contributed by atoms with Crippen LogP contribution in [0.4, 0.5) is 0 Å². The van der Waals surface area contributed by atoms with Gasteiger partial charge in [0, 0.05) is 48.2 Å². The lowest BCUT2D eigenvalue weighted by atomic mass is 9.89. The Morgan fingerprint density at radius 2 is 1.22 bits per heavy atom. The number of nitrogens with two attached hydrogens (primary N) is 1. The minimum absolute atomic E-state index is 0.120. The van der Waals surface area contributed by atoms with Crippen LogP contribution >= 0.6 is 23.2 Å². The molecule has 18 atom stereocenters. The zero-order valence-corrected chi connectivity index (χ0v) is 72.3. The molecule has 0 aliphatic carbocycles. The number of fused-ring (bicyclic) bond motifs is 14. The first kappa shape index (κ1) is 95.6. The molecule has 23 N–H and O–H groups in total. The molecular weight excluding hydrogens is 1740 g/mol. The molecule has 15 rings (SSSR count). The molecule has 0 unspecified atom stereocenters. The third-order valence-electron chi connectivity index (χ3n) is 23.0.